The van der Waals surface area contributed by atoms with E-state index < -0.39 is 42.7 Å². The van der Waals surface area contributed by atoms with Crippen LogP contribution in [0.25, 0.3) is 22.3 Å². The quantitative estimate of drug-likeness (QED) is 0.0621. The van der Waals surface area contributed by atoms with Gasteiger partial charge in [0.1, 0.15) is 0 Å². The summed E-state index contributed by atoms with van der Waals surface area (Å²) >= 11 is 1.84. The maximum atomic E-state index is 13.4. The first-order chi connectivity index (χ1) is 33.3. The Labute approximate surface area is 419 Å². The van der Waals surface area contributed by atoms with Gasteiger partial charge in [0, 0.05) is 31.7 Å². The van der Waals surface area contributed by atoms with Crippen LogP contribution in [-0.2, 0) is 21.7 Å². The molecule has 0 bridgehead atoms. The second kappa shape index (κ2) is 18.6. The molecule has 2 aliphatic carbocycles. The van der Waals surface area contributed by atoms with Crippen molar-refractivity contribution in [3.8, 4) is 22.3 Å². The molecule has 0 N–H and O–H groups in total. The topological polar surface area (TPSA) is 17.1 Å². The maximum absolute atomic E-state index is 13.4. The van der Waals surface area contributed by atoms with Gasteiger partial charge >= 0.3 is 117 Å². The summed E-state index contributed by atoms with van der Waals surface area (Å²) in [6.07, 6.45) is -24.9. The van der Waals surface area contributed by atoms with Crippen LogP contribution in [-0.4, -0.2) is 41.3 Å². The number of fused-ring (bicyclic) bond motifs is 6. The van der Waals surface area contributed by atoms with E-state index in [1.165, 1.54) is 80.1 Å². The summed E-state index contributed by atoms with van der Waals surface area (Å²) in [6, 6.07) is 45.2. The van der Waals surface area contributed by atoms with E-state index in [0.29, 0.717) is 0 Å². The Morgan fingerprint density at radius 1 is 0.486 bits per heavy atom. The van der Waals surface area contributed by atoms with E-state index in [4.69, 9.17) is 0 Å². The van der Waals surface area contributed by atoms with E-state index in [1.807, 2.05) is 17.8 Å². The number of hydrogen-bond donors (Lipinski definition) is 0. The van der Waals surface area contributed by atoms with Gasteiger partial charge in [-0.15, -0.1) is 0 Å². The fraction of sp³-hybridized carbons (Fsp3) is 0.288. The van der Waals surface area contributed by atoms with Gasteiger partial charge in [0.05, 0.1) is 10.9 Å². The monoisotopic (exact) mass is 1120 g/mol. The molecule has 0 aromatic heterocycles. The summed E-state index contributed by atoms with van der Waals surface area (Å²) in [5.74, 6) is 0.112. The zero-order chi connectivity index (χ0) is 54.7. The van der Waals surface area contributed by atoms with Gasteiger partial charge in [-0.3, -0.25) is 4.79 Å². The first-order valence-corrected chi connectivity index (χ1v) is 25.7. The number of alkyl halides is 15. The summed E-state index contributed by atoms with van der Waals surface area (Å²) in [6.45, 7) is 15.4. The molecule has 1 unspecified atom stereocenters. The largest absolute Gasteiger partial charge is 1.00 e. The third-order valence-corrected chi connectivity index (χ3v) is 20.5. The van der Waals surface area contributed by atoms with Gasteiger partial charge in [-0.05, 0) is 132 Å². The van der Waals surface area contributed by atoms with Crippen LogP contribution in [0.3, 0.4) is 0 Å². The summed E-state index contributed by atoms with van der Waals surface area (Å²) in [7, 11) is -13.0. The van der Waals surface area contributed by atoms with Crippen molar-refractivity contribution in [2.45, 2.75) is 119 Å². The molecule has 6 aromatic carbocycles. The van der Waals surface area contributed by atoms with E-state index in [9.17, 15) is 79.0 Å². The summed E-state index contributed by atoms with van der Waals surface area (Å²) < 4.78 is 209. The molecule has 0 saturated heterocycles. The Kier molecular flexibility index (Phi) is 14.6. The second-order valence-corrected chi connectivity index (χ2v) is 25.3. The average Bonchev–Trinajstić information content (AvgIpc) is 3.65. The Hall–Kier alpha value is -5.14. The first-order valence-electron chi connectivity index (χ1n) is 21.7. The molecule has 1 nitrogen and oxygen atoms in total. The number of benzene rings is 6. The van der Waals surface area contributed by atoms with Crippen LogP contribution in [0.4, 0.5) is 74.3 Å². The molecule has 8 rings (SSSR count). The van der Waals surface area contributed by atoms with Gasteiger partial charge in [-0.25, -0.2) is 0 Å². The zero-order valence-electron chi connectivity index (χ0n) is 39.5. The Bertz CT molecular complexity index is 3100. The van der Waals surface area contributed by atoms with E-state index in [1.54, 1.807) is 6.92 Å². The summed E-state index contributed by atoms with van der Waals surface area (Å²) in [4.78, 5) is 18.8. The van der Waals surface area contributed by atoms with Crippen molar-refractivity contribution < 1.29 is 83.7 Å². The number of aryl methyl sites for hydroxylation is 2. The molecule has 0 fully saturated rings. The molecular weight excluding hydrogens is 1080 g/mol. The first kappa shape index (κ1) is 58.1. The molecule has 0 saturated carbocycles. The molecule has 0 aliphatic heterocycles. The maximum Gasteiger partial charge on any atom is -1.00 e. The van der Waals surface area contributed by atoms with Crippen molar-refractivity contribution >= 4 is 35.7 Å². The molecule has 0 spiro atoms. The van der Waals surface area contributed by atoms with Gasteiger partial charge < -0.3 is 4.70 Å². The molecule has 1 atom stereocenters. The van der Waals surface area contributed by atoms with Crippen LogP contribution < -0.4 is 4.70 Å². The van der Waals surface area contributed by atoms with Crippen LogP contribution >= 0.6 is 19.0 Å². The number of rotatable bonds is 9. The third kappa shape index (κ3) is 8.58. The molecular formula is C52H41F18OPS2. The molecule has 74 heavy (non-hydrogen) atoms. The molecule has 6 aromatic rings. The van der Waals surface area contributed by atoms with Crippen molar-refractivity contribution in [3.63, 3.8) is 0 Å². The zero-order valence-corrected chi connectivity index (χ0v) is 42.0. The van der Waals surface area contributed by atoms with Gasteiger partial charge in [0.25, 0.3) is 0 Å². The minimum atomic E-state index is -12.7. The fourth-order valence-corrected chi connectivity index (χ4v) is 14.8. The molecule has 0 amide bonds. The second-order valence-electron chi connectivity index (χ2n) is 18.7. The van der Waals surface area contributed by atoms with Crippen molar-refractivity contribution in [1.29, 1.82) is 0 Å². The Balaban J connectivity index is 0.000000305. The third-order valence-electron chi connectivity index (χ3n) is 13.3. The number of hydrogen-bond acceptors (Lipinski definition) is 2. The Morgan fingerprint density at radius 2 is 0.905 bits per heavy atom. The molecule has 2 aliphatic rings. The van der Waals surface area contributed by atoms with E-state index >= 15 is 0 Å². The normalized spacial score (nSPS) is 16.0. The van der Waals surface area contributed by atoms with Crippen LogP contribution in [0.5, 0.6) is 0 Å². The standard InChI is InChI=1S/C46H41OS2.C6F17P.FH/c1-28-12-8-11-15-44(28)49(34-18-22-38-35-13-9-10-14-39(35)45(4,5)42(38)27-34)33-19-23-43(29(2)24-33)48-32-17-21-37-36-20-16-31(30(3)47)25-40(36)46(6,7)41(37)26-32;7-1(8,9)4(16,17)24(22,23,5(18,19)2(10,11)12)6(20,21)3(13,14)15;/h8-27H,1-7H3;;1H/q+1;;/p-1. The van der Waals surface area contributed by atoms with Crippen molar-refractivity contribution in [2.75, 3.05) is 0 Å². The van der Waals surface area contributed by atoms with Crippen LogP contribution in [0.2, 0.25) is 0 Å². The molecule has 0 heterocycles. The van der Waals surface area contributed by atoms with Crippen LogP contribution in [0, 0.1) is 13.8 Å². The number of halogens is 18. The predicted octanol–water partition coefficient (Wildman–Crippen LogP) is 16.1. The van der Waals surface area contributed by atoms with Crippen molar-refractivity contribution in [1.82, 2.24) is 0 Å². The Morgan fingerprint density at radius 3 is 1.42 bits per heavy atom. The number of Topliss-reactive ketones (excluding diaryl/α,β-unsaturated/α-hetero) is 1. The van der Waals surface area contributed by atoms with E-state index in [0.717, 1.165) is 5.56 Å². The fourth-order valence-electron chi connectivity index (χ4n) is 9.17. The number of carbonyl (C=O) groups is 1. The number of ketones is 1. The minimum Gasteiger partial charge on any atom is -1.00 e. The smallest absolute Gasteiger partial charge is 1.00 e. The van der Waals surface area contributed by atoms with Crippen LogP contribution in [0.1, 0.15) is 78.4 Å². The average molecular weight is 1120 g/mol. The molecule has 398 valence electrons. The SMILES string of the molecule is CC(=O)c1ccc2c(c1)C(C)(C)c1cc(Sc3ccc([S+](c4ccc5c(c4)C(C)(C)c4ccccc4-5)c4ccccc4C)cc3C)ccc1-2.FC(F)(F)C(F)(F)P(F)(F)(C(F)(F)C(F)(F)F)C(F)(F)C(F)(F)F.[F-]. The number of carbonyl (C=O) groups excluding carboxylic acids is 1. The molecule has 0 radical (unpaired) electrons. The minimum absolute atomic E-state index is 0. The van der Waals surface area contributed by atoms with Gasteiger partial charge in [0.2, 0.25) is 0 Å². The van der Waals surface area contributed by atoms with Crippen molar-refractivity contribution in [3.05, 3.63) is 160 Å². The van der Waals surface area contributed by atoms with Gasteiger partial charge in [-0.1, -0.05) is 100 Å². The van der Waals surface area contributed by atoms with Gasteiger partial charge in [0.15, 0.2) is 20.5 Å². The van der Waals surface area contributed by atoms with Gasteiger partial charge in [-0.2, -0.15) is 0 Å². The van der Waals surface area contributed by atoms with Crippen LogP contribution in [0.15, 0.2) is 146 Å². The summed E-state index contributed by atoms with van der Waals surface area (Å²) in [5.41, 5.74) is -13.3. The predicted molar refractivity (Wildman–Crippen MR) is 249 cm³/mol. The van der Waals surface area contributed by atoms with Crippen molar-refractivity contribution in [2.24, 2.45) is 0 Å². The van der Waals surface area contributed by atoms with E-state index in [-0.39, 0.29) is 32.2 Å². The molecule has 22 heteroatoms. The summed E-state index contributed by atoms with van der Waals surface area (Å²) in [5, 5.41) is 0. The van der Waals surface area contributed by atoms with E-state index in [2.05, 4.69) is 157 Å².